The first-order valence-electron chi connectivity index (χ1n) is 9.58. The van der Waals surface area contributed by atoms with E-state index in [1.165, 1.54) is 0 Å². The lowest BCUT2D eigenvalue weighted by atomic mass is 9.87. The maximum absolute atomic E-state index is 13.2. The summed E-state index contributed by atoms with van der Waals surface area (Å²) in [5.74, 6) is 0.830. The Morgan fingerprint density at radius 1 is 1.32 bits per heavy atom. The first kappa shape index (κ1) is 22.2. The van der Waals surface area contributed by atoms with Gasteiger partial charge >= 0.3 is 0 Å². The highest BCUT2D eigenvalue weighted by atomic mass is 35.5. The second-order valence-electron chi connectivity index (χ2n) is 8.24. The van der Waals surface area contributed by atoms with Crippen LogP contribution in [-0.2, 0) is 16.9 Å². The molecule has 6 nitrogen and oxygen atoms in total. The van der Waals surface area contributed by atoms with Gasteiger partial charge in [-0.15, -0.1) is 12.4 Å². The van der Waals surface area contributed by atoms with Crippen molar-refractivity contribution in [1.82, 2.24) is 20.4 Å². The molecule has 0 aliphatic carbocycles. The monoisotopic (exact) mass is 406 g/mol. The highest BCUT2D eigenvalue weighted by Gasteiger charge is 2.41. The molecule has 1 aromatic carbocycles. The molecule has 0 bridgehead atoms. The van der Waals surface area contributed by atoms with Crippen molar-refractivity contribution >= 4 is 18.3 Å². The summed E-state index contributed by atoms with van der Waals surface area (Å²) in [5, 5.41) is 10.8. The number of aryl methyl sites for hydroxylation is 1. The van der Waals surface area contributed by atoms with E-state index in [1.807, 2.05) is 62.8 Å². The molecule has 2 N–H and O–H groups in total. The van der Waals surface area contributed by atoms with Gasteiger partial charge in [-0.25, -0.2) is 0 Å². The van der Waals surface area contributed by atoms with Crippen LogP contribution in [-0.4, -0.2) is 34.4 Å². The zero-order chi connectivity index (χ0) is 19.5. The lowest BCUT2D eigenvalue weighted by molar-refractivity contribution is -0.132. The number of hydrogen-bond acceptors (Lipinski definition) is 4. The number of carbonyl (C=O) groups excluding carboxylic acids is 1. The van der Waals surface area contributed by atoms with Crippen molar-refractivity contribution in [3.05, 3.63) is 47.8 Å². The van der Waals surface area contributed by atoms with Crippen LogP contribution in [0.1, 0.15) is 44.7 Å². The van der Waals surface area contributed by atoms with Crippen LogP contribution in [0.15, 0.2) is 36.7 Å². The molecule has 7 heteroatoms. The molecule has 1 amide bonds. The van der Waals surface area contributed by atoms with Crippen molar-refractivity contribution in [3.8, 4) is 5.75 Å². The summed E-state index contributed by atoms with van der Waals surface area (Å²) in [4.78, 5) is 13.2. The molecule has 0 radical (unpaired) electrons. The molecule has 2 aromatic rings. The topological polar surface area (TPSA) is 68.2 Å². The van der Waals surface area contributed by atoms with E-state index in [0.29, 0.717) is 6.54 Å². The summed E-state index contributed by atoms with van der Waals surface area (Å²) in [6, 6.07) is 7.97. The van der Waals surface area contributed by atoms with E-state index in [4.69, 9.17) is 4.74 Å². The molecule has 0 unspecified atom stereocenters. The van der Waals surface area contributed by atoms with Crippen molar-refractivity contribution < 1.29 is 9.53 Å². The molecule has 0 saturated carbocycles. The van der Waals surface area contributed by atoms with Crippen molar-refractivity contribution in [2.75, 3.05) is 13.1 Å². The maximum Gasteiger partial charge on any atom is 0.248 e. The number of benzene rings is 1. The summed E-state index contributed by atoms with van der Waals surface area (Å²) in [7, 11) is 0. The van der Waals surface area contributed by atoms with Crippen LogP contribution < -0.4 is 15.4 Å². The molecule has 1 saturated heterocycles. The van der Waals surface area contributed by atoms with Gasteiger partial charge in [0.15, 0.2) is 0 Å². The minimum absolute atomic E-state index is 0. The van der Waals surface area contributed by atoms with Crippen molar-refractivity contribution in [2.24, 2.45) is 0 Å². The number of piperidine rings is 1. The van der Waals surface area contributed by atoms with E-state index in [-0.39, 0.29) is 23.9 Å². The van der Waals surface area contributed by atoms with Crippen LogP contribution >= 0.6 is 12.4 Å². The average Bonchev–Trinajstić information content (AvgIpc) is 3.15. The molecule has 154 valence electrons. The number of carbonyl (C=O) groups is 1. The van der Waals surface area contributed by atoms with Gasteiger partial charge in [0.05, 0.1) is 0 Å². The van der Waals surface area contributed by atoms with Crippen LogP contribution in [0.4, 0.5) is 0 Å². The number of nitrogens with zero attached hydrogens (tertiary/aromatic N) is 2. The molecule has 3 rings (SSSR count). The summed E-state index contributed by atoms with van der Waals surface area (Å²) in [6.07, 6.45) is 5.05. The minimum atomic E-state index is -0.634. The Morgan fingerprint density at radius 2 is 2.04 bits per heavy atom. The predicted molar refractivity (Wildman–Crippen MR) is 113 cm³/mol. The van der Waals surface area contributed by atoms with Gasteiger partial charge in [-0.1, -0.05) is 12.1 Å². The maximum atomic E-state index is 13.2. The third-order valence-corrected chi connectivity index (χ3v) is 4.87. The van der Waals surface area contributed by atoms with E-state index in [9.17, 15) is 4.79 Å². The second kappa shape index (κ2) is 8.97. The SMILES string of the molecule is Cc1ccc(CNC(=O)C2(n3cccn3)CCNCC2)c(OC(C)(C)C)c1.Cl. The van der Waals surface area contributed by atoms with Gasteiger partial charge < -0.3 is 15.4 Å². The van der Waals surface area contributed by atoms with E-state index >= 15 is 0 Å². The van der Waals surface area contributed by atoms with Gasteiger partial charge in [-0.3, -0.25) is 9.48 Å². The minimum Gasteiger partial charge on any atom is -0.488 e. The molecule has 2 heterocycles. The van der Waals surface area contributed by atoms with Gasteiger partial charge in [0.1, 0.15) is 16.9 Å². The number of halogens is 1. The van der Waals surface area contributed by atoms with Gasteiger partial charge in [-0.05, 0) is 71.3 Å². The van der Waals surface area contributed by atoms with Gasteiger partial charge in [0, 0.05) is 24.5 Å². The number of nitrogens with one attached hydrogen (secondary N) is 2. The van der Waals surface area contributed by atoms with E-state index in [1.54, 1.807) is 6.20 Å². The Labute approximate surface area is 173 Å². The number of hydrogen-bond donors (Lipinski definition) is 2. The Morgan fingerprint density at radius 3 is 2.64 bits per heavy atom. The normalized spacial score (nSPS) is 16.1. The van der Waals surface area contributed by atoms with E-state index < -0.39 is 5.54 Å². The van der Waals surface area contributed by atoms with Gasteiger partial charge in [0.2, 0.25) is 5.91 Å². The summed E-state index contributed by atoms with van der Waals surface area (Å²) < 4.78 is 7.92. The lowest BCUT2D eigenvalue weighted by Crippen LogP contribution is -2.54. The fourth-order valence-electron chi connectivity index (χ4n) is 3.50. The van der Waals surface area contributed by atoms with Gasteiger partial charge in [0.25, 0.3) is 0 Å². The lowest BCUT2D eigenvalue weighted by Gasteiger charge is -2.36. The third kappa shape index (κ3) is 5.06. The first-order valence-corrected chi connectivity index (χ1v) is 9.58. The largest absolute Gasteiger partial charge is 0.488 e. The fraction of sp³-hybridized carbons (Fsp3) is 0.524. The Balaban J connectivity index is 0.00000280. The Bertz CT molecular complexity index is 778. The Kier molecular flexibility index (Phi) is 7.12. The van der Waals surface area contributed by atoms with Crippen molar-refractivity contribution in [1.29, 1.82) is 0 Å². The van der Waals surface area contributed by atoms with Crippen LogP contribution in [0.2, 0.25) is 0 Å². The molecule has 1 aromatic heterocycles. The zero-order valence-corrected chi connectivity index (χ0v) is 17.9. The van der Waals surface area contributed by atoms with Crippen molar-refractivity contribution in [3.63, 3.8) is 0 Å². The summed E-state index contributed by atoms with van der Waals surface area (Å²) >= 11 is 0. The molecule has 0 atom stereocenters. The van der Waals surface area contributed by atoms with Crippen LogP contribution in [0, 0.1) is 6.92 Å². The molecular formula is C21H31ClN4O2. The standard InChI is InChI=1S/C21H30N4O2.ClH/c1-16-6-7-17(18(14-16)27-20(2,3)4)15-23-19(26)21(8-11-22-12-9-21)25-13-5-10-24-25;/h5-7,10,13-14,22H,8-9,11-12,15H2,1-4H3,(H,23,26);1H. The number of amides is 1. The van der Waals surface area contributed by atoms with E-state index in [0.717, 1.165) is 42.8 Å². The summed E-state index contributed by atoms with van der Waals surface area (Å²) in [6.45, 7) is 10.2. The average molecular weight is 407 g/mol. The highest BCUT2D eigenvalue weighted by Crippen LogP contribution is 2.28. The van der Waals surface area contributed by atoms with Crippen molar-refractivity contribution in [2.45, 2.75) is 58.2 Å². The zero-order valence-electron chi connectivity index (χ0n) is 17.1. The van der Waals surface area contributed by atoms with Crippen LogP contribution in [0.3, 0.4) is 0 Å². The first-order chi connectivity index (χ1) is 12.8. The van der Waals surface area contributed by atoms with Crippen LogP contribution in [0.25, 0.3) is 0 Å². The third-order valence-electron chi connectivity index (χ3n) is 4.87. The predicted octanol–water partition coefficient (Wildman–Crippen LogP) is 3.19. The number of ether oxygens (including phenoxy) is 1. The Hall–Kier alpha value is -2.05. The number of aromatic nitrogens is 2. The second-order valence-corrected chi connectivity index (χ2v) is 8.24. The molecule has 0 spiro atoms. The molecule has 1 fully saturated rings. The molecule has 1 aliphatic heterocycles. The smallest absolute Gasteiger partial charge is 0.248 e. The number of rotatable bonds is 5. The summed E-state index contributed by atoms with van der Waals surface area (Å²) in [5.41, 5.74) is 1.19. The quantitative estimate of drug-likeness (QED) is 0.800. The molecule has 28 heavy (non-hydrogen) atoms. The van der Waals surface area contributed by atoms with E-state index in [2.05, 4.69) is 15.7 Å². The molecule has 1 aliphatic rings. The highest BCUT2D eigenvalue weighted by molar-refractivity contribution is 5.85. The van der Waals surface area contributed by atoms with Crippen LogP contribution in [0.5, 0.6) is 5.75 Å². The van der Waals surface area contributed by atoms with Gasteiger partial charge in [-0.2, -0.15) is 5.10 Å². The fourth-order valence-corrected chi connectivity index (χ4v) is 3.50. The molecular weight excluding hydrogens is 376 g/mol.